The molecule has 0 spiro atoms. The lowest BCUT2D eigenvalue weighted by Crippen LogP contribution is -2.56. The van der Waals surface area contributed by atoms with Gasteiger partial charge in [0, 0.05) is 5.92 Å². The van der Waals surface area contributed by atoms with Crippen LogP contribution in [-0.2, 0) is 38.4 Å². The maximum Gasteiger partial charge on any atom is 0.237 e. The van der Waals surface area contributed by atoms with Crippen molar-refractivity contribution >= 4 is 48.6 Å². The standard InChI is InChI=1S/C17H12N8O8/c1-2-12(14(20-6-28)21-7-29)13(19-5-27)17(3-18-4-26,15(22-8-30)23-9-31)16(24-10-32)25-11-33/h12-16H,2-3H2,1H3. The summed E-state index contributed by atoms with van der Waals surface area (Å²) < 4.78 is 0. The largest absolute Gasteiger partial charge is 0.237 e. The van der Waals surface area contributed by atoms with Crippen LogP contribution >= 0.6 is 0 Å². The van der Waals surface area contributed by atoms with E-state index in [0.29, 0.717) is 0 Å². The first kappa shape index (κ1) is 28.0. The monoisotopic (exact) mass is 456 g/mol. The average molecular weight is 456 g/mol. The van der Waals surface area contributed by atoms with Gasteiger partial charge in [-0.05, 0) is 6.42 Å². The van der Waals surface area contributed by atoms with E-state index in [0.717, 1.165) is 42.6 Å². The van der Waals surface area contributed by atoms with E-state index in [1.54, 1.807) is 0 Å². The molecule has 0 aromatic heterocycles. The molecular formula is C17H12N8O8. The molecule has 0 N–H and O–H groups in total. The fourth-order valence-electron chi connectivity index (χ4n) is 3.20. The Morgan fingerprint density at radius 3 is 1.27 bits per heavy atom. The molecule has 0 radical (unpaired) electrons. The Balaban J connectivity index is 7.90. The molecule has 0 saturated carbocycles. The quantitative estimate of drug-likeness (QED) is 0.219. The number of rotatable bonds is 15. The number of nitrogens with zero attached hydrogens (tertiary/aromatic N) is 8. The first-order valence-corrected chi connectivity index (χ1v) is 8.55. The van der Waals surface area contributed by atoms with E-state index < -0.39 is 42.4 Å². The molecule has 16 nitrogen and oxygen atoms in total. The Morgan fingerprint density at radius 1 is 0.576 bits per heavy atom. The molecular weight excluding hydrogens is 444 g/mol. The van der Waals surface area contributed by atoms with Gasteiger partial charge in [0.1, 0.15) is 5.41 Å². The van der Waals surface area contributed by atoms with Gasteiger partial charge in [-0.15, -0.1) is 0 Å². The van der Waals surface area contributed by atoms with Crippen molar-refractivity contribution in [3.8, 4) is 0 Å². The lowest BCUT2D eigenvalue weighted by Gasteiger charge is -2.42. The van der Waals surface area contributed by atoms with E-state index >= 15 is 0 Å². The number of hydrogen-bond acceptors (Lipinski definition) is 16. The van der Waals surface area contributed by atoms with Crippen LogP contribution in [0.2, 0.25) is 0 Å². The average Bonchev–Trinajstić information content (AvgIpc) is 2.80. The second kappa shape index (κ2) is 15.8. The Bertz CT molecular complexity index is 994. The van der Waals surface area contributed by atoms with Crippen LogP contribution < -0.4 is 0 Å². The maximum absolute atomic E-state index is 11.3. The van der Waals surface area contributed by atoms with Crippen LogP contribution in [0.25, 0.3) is 0 Å². The molecule has 0 aliphatic heterocycles. The highest BCUT2D eigenvalue weighted by Crippen LogP contribution is 2.44. The summed E-state index contributed by atoms with van der Waals surface area (Å²) in [7, 11) is 0. The SMILES string of the molecule is CCC(C(N=C=O)N=C=O)C(N=C=O)C(CN=C=O)(C(N=C=O)N=C=O)C(N=C=O)N=C=O. The van der Waals surface area contributed by atoms with Crippen LogP contribution in [0.3, 0.4) is 0 Å². The van der Waals surface area contributed by atoms with Crippen LogP contribution in [0.4, 0.5) is 0 Å². The van der Waals surface area contributed by atoms with Gasteiger partial charge in [0.25, 0.3) is 0 Å². The highest BCUT2D eigenvalue weighted by atomic mass is 16.1. The zero-order chi connectivity index (χ0) is 25.1. The Hall–Kier alpha value is -4.96. The molecule has 0 aliphatic carbocycles. The Labute approximate surface area is 183 Å². The molecule has 0 aromatic carbocycles. The molecule has 33 heavy (non-hydrogen) atoms. The fraction of sp³-hybridized carbons (Fsp3) is 0.529. The van der Waals surface area contributed by atoms with Crippen molar-refractivity contribution in [2.45, 2.75) is 37.9 Å². The van der Waals surface area contributed by atoms with Crippen LogP contribution in [0, 0.1) is 11.3 Å². The van der Waals surface area contributed by atoms with Gasteiger partial charge in [-0.3, -0.25) is 0 Å². The first-order chi connectivity index (χ1) is 16.0. The topological polar surface area (TPSA) is 235 Å². The van der Waals surface area contributed by atoms with E-state index in [2.05, 4.69) is 39.9 Å². The number of carbonyl (C=O) groups excluding carboxylic acids is 8. The molecule has 0 amide bonds. The number of aliphatic imine (C=N–C) groups is 8. The molecule has 0 saturated heterocycles. The van der Waals surface area contributed by atoms with E-state index in [-0.39, 0.29) is 6.42 Å². The summed E-state index contributed by atoms with van der Waals surface area (Å²) in [6, 6.07) is -1.78. The number of hydrogen-bond donors (Lipinski definition) is 0. The summed E-state index contributed by atoms with van der Waals surface area (Å²) >= 11 is 0. The summed E-state index contributed by atoms with van der Waals surface area (Å²) in [4.78, 5) is 115. The Morgan fingerprint density at radius 2 is 0.970 bits per heavy atom. The highest BCUT2D eigenvalue weighted by Gasteiger charge is 2.57. The molecule has 2 unspecified atom stereocenters. The molecule has 0 bridgehead atoms. The van der Waals surface area contributed by atoms with E-state index in [1.807, 2.05) is 0 Å². The molecule has 168 valence electrons. The van der Waals surface area contributed by atoms with Gasteiger partial charge in [-0.2, -0.15) is 30.0 Å². The third-order valence-corrected chi connectivity index (χ3v) is 4.45. The van der Waals surface area contributed by atoms with Crippen molar-refractivity contribution in [1.82, 2.24) is 0 Å². The van der Waals surface area contributed by atoms with Gasteiger partial charge in [-0.1, -0.05) is 6.92 Å². The normalized spacial score (nSPS) is 15.3. The summed E-state index contributed by atoms with van der Waals surface area (Å²) in [5.41, 5.74) is -2.39. The van der Waals surface area contributed by atoms with Crippen molar-refractivity contribution in [1.29, 1.82) is 0 Å². The van der Waals surface area contributed by atoms with E-state index in [1.165, 1.54) is 13.0 Å². The van der Waals surface area contributed by atoms with Gasteiger partial charge in [0.15, 0.2) is 18.5 Å². The van der Waals surface area contributed by atoms with Crippen LogP contribution in [0.5, 0.6) is 0 Å². The zero-order valence-corrected chi connectivity index (χ0v) is 16.6. The molecule has 0 aromatic rings. The van der Waals surface area contributed by atoms with Gasteiger partial charge in [0.05, 0.1) is 12.6 Å². The summed E-state index contributed by atoms with van der Waals surface area (Å²) in [5.74, 6) is -1.31. The van der Waals surface area contributed by atoms with Crippen LogP contribution in [0.15, 0.2) is 39.9 Å². The van der Waals surface area contributed by atoms with Crippen molar-refractivity contribution in [3.05, 3.63) is 0 Å². The van der Waals surface area contributed by atoms with E-state index in [4.69, 9.17) is 0 Å². The summed E-state index contributed by atoms with van der Waals surface area (Å²) in [6.45, 7) is 0.509. The molecule has 0 heterocycles. The van der Waals surface area contributed by atoms with Gasteiger partial charge in [-0.25, -0.2) is 48.3 Å². The summed E-state index contributed by atoms with van der Waals surface area (Å²) in [6.07, 6.45) is 3.09. The van der Waals surface area contributed by atoms with Crippen LogP contribution in [-0.4, -0.2) is 79.7 Å². The fourth-order valence-corrected chi connectivity index (χ4v) is 3.20. The molecule has 0 aliphatic rings. The molecule has 2 atom stereocenters. The zero-order valence-electron chi connectivity index (χ0n) is 16.6. The first-order valence-electron chi connectivity index (χ1n) is 8.55. The van der Waals surface area contributed by atoms with Crippen molar-refractivity contribution in [2.75, 3.05) is 6.54 Å². The molecule has 0 fully saturated rings. The van der Waals surface area contributed by atoms with Crippen molar-refractivity contribution in [3.63, 3.8) is 0 Å². The second-order valence-electron chi connectivity index (χ2n) is 5.74. The summed E-state index contributed by atoms with van der Waals surface area (Å²) in [5, 5.41) is 0. The lowest BCUT2D eigenvalue weighted by molar-refractivity contribution is 0.0993. The minimum Gasteiger partial charge on any atom is -0.211 e. The molecule has 16 heteroatoms. The van der Waals surface area contributed by atoms with Crippen molar-refractivity contribution < 1.29 is 38.4 Å². The number of isocyanates is 8. The second-order valence-corrected chi connectivity index (χ2v) is 5.74. The predicted molar refractivity (Wildman–Crippen MR) is 101 cm³/mol. The third-order valence-electron chi connectivity index (χ3n) is 4.45. The maximum atomic E-state index is 11.3. The minimum absolute atomic E-state index is 0.117. The lowest BCUT2D eigenvalue weighted by atomic mass is 9.68. The molecule has 0 rings (SSSR count). The third kappa shape index (κ3) is 7.05. The van der Waals surface area contributed by atoms with Gasteiger partial charge in [0.2, 0.25) is 48.6 Å². The highest BCUT2D eigenvalue weighted by molar-refractivity contribution is 5.43. The van der Waals surface area contributed by atoms with Gasteiger partial charge < -0.3 is 0 Å². The van der Waals surface area contributed by atoms with Crippen molar-refractivity contribution in [2.24, 2.45) is 51.3 Å². The Kier molecular flexibility index (Phi) is 13.4. The van der Waals surface area contributed by atoms with E-state index in [9.17, 15) is 38.4 Å². The van der Waals surface area contributed by atoms with Crippen LogP contribution in [0.1, 0.15) is 13.3 Å². The minimum atomic E-state index is -2.39. The smallest absolute Gasteiger partial charge is 0.211 e. The predicted octanol–water partition coefficient (Wildman–Crippen LogP) is -0.968. The van der Waals surface area contributed by atoms with Gasteiger partial charge >= 0.3 is 0 Å².